The van der Waals surface area contributed by atoms with Gasteiger partial charge in [0.25, 0.3) is 5.56 Å². The molecular weight excluding hydrogens is 210 g/mol. The van der Waals surface area contributed by atoms with Gasteiger partial charge in [-0.15, -0.1) is 0 Å². The number of rotatable bonds is 2. The van der Waals surface area contributed by atoms with Crippen LogP contribution in [0.25, 0.3) is 10.9 Å². The van der Waals surface area contributed by atoms with E-state index in [-0.39, 0.29) is 11.5 Å². The zero-order valence-corrected chi connectivity index (χ0v) is 8.23. The molecule has 0 spiro atoms. The van der Waals surface area contributed by atoms with Crippen LogP contribution in [0, 0.1) is 0 Å². The first-order valence-corrected chi connectivity index (χ1v) is 4.55. The van der Waals surface area contributed by atoms with Gasteiger partial charge in [-0.3, -0.25) is 14.6 Å². The van der Waals surface area contributed by atoms with E-state index >= 15 is 0 Å². The van der Waals surface area contributed by atoms with Crippen molar-refractivity contribution >= 4 is 22.6 Å². The number of nitrogen functional groups attached to an aromatic ring is 1. The number of benzene rings is 1. The number of carbonyl (C=O) groups is 1. The van der Waals surface area contributed by atoms with E-state index in [1.807, 2.05) is 0 Å². The zero-order chi connectivity index (χ0) is 11.7. The minimum absolute atomic E-state index is 0.00824. The van der Waals surface area contributed by atoms with Crippen LogP contribution in [0.4, 0.5) is 5.95 Å². The Bertz CT molecular complexity index is 618. The molecule has 0 bridgehead atoms. The third kappa shape index (κ3) is 1.66. The van der Waals surface area contributed by atoms with Gasteiger partial charge in [0.05, 0.1) is 10.9 Å². The number of aliphatic hydroxyl groups is 1. The van der Waals surface area contributed by atoms with Crippen molar-refractivity contribution in [2.45, 2.75) is 0 Å². The molecule has 82 valence electrons. The second-order valence-corrected chi connectivity index (χ2v) is 3.26. The summed E-state index contributed by atoms with van der Waals surface area (Å²) in [5.74, 6) is -0.436. The Morgan fingerprint density at radius 3 is 2.94 bits per heavy atom. The summed E-state index contributed by atoms with van der Waals surface area (Å²) in [6.07, 6.45) is 0. The van der Waals surface area contributed by atoms with Crippen molar-refractivity contribution in [3.8, 4) is 0 Å². The van der Waals surface area contributed by atoms with E-state index in [0.717, 1.165) is 0 Å². The average Bonchev–Trinajstić information content (AvgIpc) is 2.27. The first kappa shape index (κ1) is 10.3. The lowest BCUT2D eigenvalue weighted by Crippen LogP contribution is -2.12. The van der Waals surface area contributed by atoms with Crippen molar-refractivity contribution in [3.05, 3.63) is 34.1 Å². The van der Waals surface area contributed by atoms with Gasteiger partial charge < -0.3 is 10.8 Å². The van der Waals surface area contributed by atoms with Crippen LogP contribution in [0.5, 0.6) is 0 Å². The summed E-state index contributed by atoms with van der Waals surface area (Å²) in [7, 11) is 0. The number of hydrogen-bond donors (Lipinski definition) is 3. The molecule has 0 aliphatic rings. The van der Waals surface area contributed by atoms with Crippen molar-refractivity contribution < 1.29 is 9.90 Å². The van der Waals surface area contributed by atoms with Crippen LogP contribution in [0.1, 0.15) is 10.4 Å². The van der Waals surface area contributed by atoms with Gasteiger partial charge in [0.1, 0.15) is 6.61 Å². The van der Waals surface area contributed by atoms with Crippen molar-refractivity contribution in [2.75, 3.05) is 12.3 Å². The number of nitrogens with one attached hydrogen (secondary N) is 1. The Hall–Kier alpha value is -2.21. The average molecular weight is 219 g/mol. The molecule has 16 heavy (non-hydrogen) atoms. The van der Waals surface area contributed by atoms with Gasteiger partial charge >= 0.3 is 0 Å². The van der Waals surface area contributed by atoms with Crippen LogP contribution < -0.4 is 11.3 Å². The number of aromatic nitrogens is 2. The van der Waals surface area contributed by atoms with Gasteiger partial charge in [0.15, 0.2) is 5.78 Å². The highest BCUT2D eigenvalue weighted by atomic mass is 16.3. The molecule has 1 aromatic carbocycles. The number of aliphatic hydroxyl groups excluding tert-OH is 1. The first-order valence-electron chi connectivity index (χ1n) is 4.55. The van der Waals surface area contributed by atoms with Crippen LogP contribution in [0.15, 0.2) is 23.0 Å². The number of anilines is 1. The van der Waals surface area contributed by atoms with Crippen molar-refractivity contribution in [1.29, 1.82) is 0 Å². The zero-order valence-electron chi connectivity index (χ0n) is 8.23. The van der Waals surface area contributed by atoms with E-state index in [0.29, 0.717) is 16.5 Å². The number of ketones is 1. The molecule has 0 unspecified atom stereocenters. The van der Waals surface area contributed by atoms with E-state index in [9.17, 15) is 9.59 Å². The highest BCUT2D eigenvalue weighted by molar-refractivity contribution is 5.99. The second-order valence-electron chi connectivity index (χ2n) is 3.26. The molecule has 6 nitrogen and oxygen atoms in total. The van der Waals surface area contributed by atoms with E-state index in [2.05, 4.69) is 9.97 Å². The Morgan fingerprint density at radius 1 is 1.50 bits per heavy atom. The minimum atomic E-state index is -0.579. The number of carbonyl (C=O) groups excluding carboxylic acids is 1. The van der Waals surface area contributed by atoms with Crippen LogP contribution in [-0.2, 0) is 0 Å². The van der Waals surface area contributed by atoms with Crippen LogP contribution in [-0.4, -0.2) is 27.5 Å². The third-order valence-corrected chi connectivity index (χ3v) is 2.19. The highest BCUT2D eigenvalue weighted by Gasteiger charge is 2.07. The standard InChI is InChI=1S/C10H9N3O3/c11-10-12-7-3-5(8(15)4-14)1-2-6(7)9(16)13-10/h1-3,14H,4H2,(H3,11,12,13,16). The highest BCUT2D eigenvalue weighted by Crippen LogP contribution is 2.11. The fourth-order valence-corrected chi connectivity index (χ4v) is 1.42. The second kappa shape index (κ2) is 3.74. The van der Waals surface area contributed by atoms with Crippen molar-refractivity contribution in [1.82, 2.24) is 9.97 Å². The third-order valence-electron chi connectivity index (χ3n) is 2.19. The fraction of sp³-hybridized carbons (Fsp3) is 0.100. The Balaban J connectivity index is 2.71. The molecule has 0 amide bonds. The quantitative estimate of drug-likeness (QED) is 0.600. The molecule has 4 N–H and O–H groups in total. The molecular formula is C10H9N3O3. The molecule has 0 saturated carbocycles. The summed E-state index contributed by atoms with van der Waals surface area (Å²) < 4.78 is 0. The first-order chi connectivity index (χ1) is 7.61. The molecule has 1 aromatic heterocycles. The molecule has 0 radical (unpaired) electrons. The van der Waals surface area contributed by atoms with E-state index in [1.165, 1.54) is 18.2 Å². The summed E-state index contributed by atoms with van der Waals surface area (Å²) in [4.78, 5) is 28.9. The van der Waals surface area contributed by atoms with E-state index < -0.39 is 12.4 Å². The molecule has 1 heterocycles. The van der Waals surface area contributed by atoms with Gasteiger partial charge in [0.2, 0.25) is 5.95 Å². The number of hydrogen-bond acceptors (Lipinski definition) is 5. The predicted octanol–water partition coefficient (Wildman–Crippen LogP) is -0.320. The van der Waals surface area contributed by atoms with Gasteiger partial charge in [-0.05, 0) is 12.1 Å². The van der Waals surface area contributed by atoms with E-state index in [4.69, 9.17) is 10.8 Å². The summed E-state index contributed by atoms with van der Waals surface area (Å²) in [6, 6.07) is 4.37. The number of Topliss-reactive ketones (excluding diaryl/α,β-unsaturated/α-hetero) is 1. The summed E-state index contributed by atoms with van der Waals surface area (Å²) in [5, 5.41) is 9.06. The van der Waals surface area contributed by atoms with Gasteiger partial charge in [-0.25, -0.2) is 4.98 Å². The minimum Gasteiger partial charge on any atom is -0.388 e. The topological polar surface area (TPSA) is 109 Å². The summed E-state index contributed by atoms with van der Waals surface area (Å²) in [5.41, 5.74) is 5.66. The molecule has 2 rings (SSSR count). The molecule has 2 aromatic rings. The SMILES string of the molecule is Nc1nc2cc(C(=O)CO)ccc2c(=O)[nH]1. The van der Waals surface area contributed by atoms with Crippen LogP contribution in [0.3, 0.4) is 0 Å². The van der Waals surface area contributed by atoms with E-state index in [1.54, 1.807) is 0 Å². The lowest BCUT2D eigenvalue weighted by Gasteiger charge is -2.01. The number of H-pyrrole nitrogens is 1. The number of nitrogens with two attached hydrogens (primary N) is 1. The monoisotopic (exact) mass is 219 g/mol. The van der Waals surface area contributed by atoms with Gasteiger partial charge in [-0.2, -0.15) is 0 Å². The molecule has 0 aliphatic heterocycles. The number of fused-ring (bicyclic) bond motifs is 1. The molecule has 0 aliphatic carbocycles. The molecule has 0 atom stereocenters. The maximum absolute atomic E-state index is 11.4. The van der Waals surface area contributed by atoms with Gasteiger partial charge in [-0.1, -0.05) is 6.07 Å². The summed E-state index contributed by atoms with van der Waals surface area (Å²) >= 11 is 0. The molecule has 6 heteroatoms. The van der Waals surface area contributed by atoms with Crippen LogP contribution >= 0.6 is 0 Å². The van der Waals surface area contributed by atoms with Crippen molar-refractivity contribution in [2.24, 2.45) is 0 Å². The Morgan fingerprint density at radius 2 is 2.25 bits per heavy atom. The van der Waals surface area contributed by atoms with Crippen LogP contribution in [0.2, 0.25) is 0 Å². The van der Waals surface area contributed by atoms with Gasteiger partial charge in [0, 0.05) is 5.56 Å². The lowest BCUT2D eigenvalue weighted by molar-refractivity contribution is 0.0904. The maximum atomic E-state index is 11.4. The number of aromatic amines is 1. The summed E-state index contributed by atoms with van der Waals surface area (Å²) in [6.45, 7) is -0.579. The Labute approximate surface area is 89.7 Å². The smallest absolute Gasteiger partial charge is 0.260 e. The lowest BCUT2D eigenvalue weighted by atomic mass is 10.1. The molecule has 0 saturated heterocycles. The maximum Gasteiger partial charge on any atom is 0.260 e. The largest absolute Gasteiger partial charge is 0.388 e. The normalized spacial score (nSPS) is 10.6. The van der Waals surface area contributed by atoms with Crippen molar-refractivity contribution in [3.63, 3.8) is 0 Å². The molecule has 0 fully saturated rings. The number of nitrogens with zero attached hydrogens (tertiary/aromatic N) is 1. The Kier molecular flexibility index (Phi) is 2.41. The predicted molar refractivity (Wildman–Crippen MR) is 58.2 cm³/mol. The fourth-order valence-electron chi connectivity index (χ4n) is 1.42.